The number of hydrogen-bond acceptors (Lipinski definition) is 5. The third kappa shape index (κ3) is 4.15. The molecule has 0 aliphatic carbocycles. The van der Waals surface area contributed by atoms with E-state index in [-0.39, 0.29) is 5.82 Å². The normalized spacial score (nSPS) is 17.6. The predicted octanol–water partition coefficient (Wildman–Crippen LogP) is 4.82. The second-order valence-corrected chi connectivity index (χ2v) is 9.69. The molecule has 2 heterocycles. The molecule has 0 saturated carbocycles. The molecule has 4 aromatic rings. The molecule has 1 fully saturated rings. The fourth-order valence-electron chi connectivity index (χ4n) is 4.16. The van der Waals surface area contributed by atoms with Crippen molar-refractivity contribution in [3.63, 3.8) is 0 Å². The standard InChI is InChI=1S/C26H21FN4O3S/c1-15-22(17-8-11-20(27)12-9-17)29-24(35-15)28-21(32)14-31-23(33)26(2,30-25(31)34)19-10-7-16-5-3-4-6-18(16)13-19/h3-13H,14H2,1-2H3,(H,30,34)(H,28,29,32). The molecule has 7 nitrogen and oxygen atoms in total. The van der Waals surface area contributed by atoms with Crippen molar-refractivity contribution in [1.82, 2.24) is 15.2 Å². The molecular formula is C26H21FN4O3S. The van der Waals surface area contributed by atoms with E-state index in [0.29, 0.717) is 16.4 Å². The number of fused-ring (bicyclic) bond motifs is 1. The Labute approximate surface area is 204 Å². The minimum atomic E-state index is -1.28. The van der Waals surface area contributed by atoms with Crippen LogP contribution in [0.15, 0.2) is 66.7 Å². The summed E-state index contributed by atoms with van der Waals surface area (Å²) < 4.78 is 13.2. The highest BCUT2D eigenvalue weighted by Crippen LogP contribution is 2.32. The summed E-state index contributed by atoms with van der Waals surface area (Å²) in [6.45, 7) is 3.03. The summed E-state index contributed by atoms with van der Waals surface area (Å²) in [5.41, 5.74) is 0.705. The fraction of sp³-hybridized carbons (Fsp3) is 0.154. The largest absolute Gasteiger partial charge is 0.325 e. The van der Waals surface area contributed by atoms with E-state index in [0.717, 1.165) is 26.1 Å². The maximum absolute atomic E-state index is 13.3. The second kappa shape index (κ2) is 8.59. The Bertz CT molecular complexity index is 1480. The number of carbonyl (C=O) groups excluding carboxylic acids is 3. The van der Waals surface area contributed by atoms with Crippen LogP contribution in [-0.2, 0) is 15.1 Å². The van der Waals surface area contributed by atoms with Crippen molar-refractivity contribution >= 4 is 45.1 Å². The van der Waals surface area contributed by atoms with Crippen LogP contribution in [-0.4, -0.2) is 34.3 Å². The number of urea groups is 1. The molecule has 5 rings (SSSR count). The number of aromatic nitrogens is 1. The average molecular weight is 489 g/mol. The van der Waals surface area contributed by atoms with Crippen molar-refractivity contribution in [1.29, 1.82) is 0 Å². The van der Waals surface area contributed by atoms with Crippen molar-refractivity contribution in [3.05, 3.63) is 83.0 Å². The van der Waals surface area contributed by atoms with Gasteiger partial charge in [0, 0.05) is 10.4 Å². The highest BCUT2D eigenvalue weighted by molar-refractivity contribution is 7.16. The van der Waals surface area contributed by atoms with Crippen molar-refractivity contribution < 1.29 is 18.8 Å². The summed E-state index contributed by atoms with van der Waals surface area (Å²) in [6.07, 6.45) is 0. The third-order valence-electron chi connectivity index (χ3n) is 6.06. The Morgan fingerprint density at radius 3 is 2.54 bits per heavy atom. The van der Waals surface area contributed by atoms with Crippen LogP contribution in [0.5, 0.6) is 0 Å². The maximum Gasteiger partial charge on any atom is 0.325 e. The molecule has 1 atom stereocenters. The Morgan fingerprint density at radius 1 is 1.09 bits per heavy atom. The lowest BCUT2D eigenvalue weighted by Gasteiger charge is -2.22. The van der Waals surface area contributed by atoms with Crippen LogP contribution in [0.2, 0.25) is 0 Å². The molecule has 35 heavy (non-hydrogen) atoms. The van der Waals surface area contributed by atoms with Crippen LogP contribution in [0.4, 0.5) is 14.3 Å². The van der Waals surface area contributed by atoms with Gasteiger partial charge in [0.05, 0.1) is 5.69 Å². The number of halogens is 1. The van der Waals surface area contributed by atoms with Crippen molar-refractivity contribution in [3.8, 4) is 11.3 Å². The van der Waals surface area contributed by atoms with E-state index in [1.807, 2.05) is 43.3 Å². The number of nitrogens with one attached hydrogen (secondary N) is 2. The monoisotopic (exact) mass is 488 g/mol. The highest BCUT2D eigenvalue weighted by Gasteiger charge is 2.49. The van der Waals surface area contributed by atoms with Gasteiger partial charge < -0.3 is 10.6 Å². The van der Waals surface area contributed by atoms with Crippen LogP contribution in [0.25, 0.3) is 22.0 Å². The van der Waals surface area contributed by atoms with E-state index < -0.39 is 29.9 Å². The van der Waals surface area contributed by atoms with E-state index in [2.05, 4.69) is 15.6 Å². The Kier molecular flexibility index (Phi) is 5.56. The number of nitrogens with zero attached hydrogens (tertiary/aromatic N) is 2. The van der Waals surface area contributed by atoms with Crippen LogP contribution in [0.1, 0.15) is 17.4 Å². The van der Waals surface area contributed by atoms with E-state index in [1.54, 1.807) is 25.1 Å². The van der Waals surface area contributed by atoms with Crippen molar-refractivity contribution in [2.45, 2.75) is 19.4 Å². The van der Waals surface area contributed by atoms with Crippen LogP contribution in [0, 0.1) is 12.7 Å². The highest BCUT2D eigenvalue weighted by atomic mass is 32.1. The number of amides is 4. The summed E-state index contributed by atoms with van der Waals surface area (Å²) >= 11 is 1.26. The van der Waals surface area contributed by atoms with Crippen LogP contribution in [0.3, 0.4) is 0 Å². The minimum Gasteiger partial charge on any atom is -0.319 e. The van der Waals surface area contributed by atoms with Gasteiger partial charge in [0.15, 0.2) is 5.13 Å². The lowest BCUT2D eigenvalue weighted by molar-refractivity contribution is -0.133. The van der Waals surface area contributed by atoms with Crippen molar-refractivity contribution in [2.75, 3.05) is 11.9 Å². The number of imide groups is 1. The van der Waals surface area contributed by atoms with Gasteiger partial charge in [0.2, 0.25) is 5.91 Å². The van der Waals surface area contributed by atoms with Gasteiger partial charge in [-0.15, -0.1) is 11.3 Å². The molecule has 2 N–H and O–H groups in total. The van der Waals surface area contributed by atoms with Gasteiger partial charge in [0.25, 0.3) is 5.91 Å². The zero-order valence-corrected chi connectivity index (χ0v) is 19.8. The molecule has 1 aliphatic rings. The number of benzene rings is 3. The van der Waals surface area contributed by atoms with Gasteiger partial charge in [-0.1, -0.05) is 36.4 Å². The number of rotatable bonds is 5. The van der Waals surface area contributed by atoms with Crippen molar-refractivity contribution in [2.24, 2.45) is 0 Å². The molecule has 0 bridgehead atoms. The first-order valence-electron chi connectivity index (χ1n) is 10.9. The molecule has 1 saturated heterocycles. The SMILES string of the molecule is Cc1sc(NC(=O)CN2C(=O)NC(C)(c3ccc4ccccc4c3)C2=O)nc1-c1ccc(F)cc1. The Morgan fingerprint density at radius 2 is 1.80 bits per heavy atom. The average Bonchev–Trinajstić information content (AvgIpc) is 3.31. The number of carbonyl (C=O) groups is 3. The number of hydrogen-bond donors (Lipinski definition) is 2. The summed E-state index contributed by atoms with van der Waals surface area (Å²) in [7, 11) is 0. The first kappa shape index (κ1) is 22.7. The maximum atomic E-state index is 13.3. The lowest BCUT2D eigenvalue weighted by atomic mass is 9.90. The zero-order valence-electron chi connectivity index (χ0n) is 19.0. The van der Waals surface area contributed by atoms with E-state index in [9.17, 15) is 18.8 Å². The number of anilines is 1. The van der Waals surface area contributed by atoms with E-state index in [4.69, 9.17) is 0 Å². The predicted molar refractivity (Wildman–Crippen MR) is 132 cm³/mol. The summed E-state index contributed by atoms with van der Waals surface area (Å²) in [5.74, 6) is -1.40. The Balaban J connectivity index is 1.32. The first-order chi connectivity index (χ1) is 16.7. The first-order valence-corrected chi connectivity index (χ1v) is 11.7. The van der Waals surface area contributed by atoms with Gasteiger partial charge >= 0.3 is 6.03 Å². The van der Waals surface area contributed by atoms with E-state index in [1.165, 1.54) is 23.5 Å². The van der Waals surface area contributed by atoms with Crippen LogP contribution >= 0.6 is 11.3 Å². The van der Waals surface area contributed by atoms with Gasteiger partial charge in [-0.25, -0.2) is 14.2 Å². The molecule has 4 amide bonds. The second-order valence-electron chi connectivity index (χ2n) is 8.49. The molecule has 176 valence electrons. The zero-order chi connectivity index (χ0) is 24.7. The van der Waals surface area contributed by atoms with Gasteiger partial charge in [0.1, 0.15) is 17.9 Å². The summed E-state index contributed by atoms with van der Waals surface area (Å²) in [4.78, 5) is 44.8. The lowest BCUT2D eigenvalue weighted by Crippen LogP contribution is -2.42. The smallest absolute Gasteiger partial charge is 0.319 e. The molecule has 0 radical (unpaired) electrons. The Hall–Kier alpha value is -4.11. The molecule has 0 spiro atoms. The molecule has 3 aromatic carbocycles. The fourth-order valence-corrected chi connectivity index (χ4v) is 5.02. The summed E-state index contributed by atoms with van der Waals surface area (Å²) in [5, 5.41) is 7.69. The number of aryl methyl sites for hydroxylation is 1. The van der Waals surface area contributed by atoms with E-state index >= 15 is 0 Å². The van der Waals surface area contributed by atoms with Gasteiger partial charge in [-0.3, -0.25) is 14.5 Å². The molecule has 1 aromatic heterocycles. The number of thiazole rings is 1. The molecule has 1 aliphatic heterocycles. The van der Waals surface area contributed by atoms with Gasteiger partial charge in [-0.2, -0.15) is 0 Å². The quantitative estimate of drug-likeness (QED) is 0.394. The molecule has 9 heteroatoms. The topological polar surface area (TPSA) is 91.4 Å². The third-order valence-corrected chi connectivity index (χ3v) is 6.95. The molecule has 1 unspecified atom stereocenters. The van der Waals surface area contributed by atoms with Gasteiger partial charge in [-0.05, 0) is 60.5 Å². The molecular weight excluding hydrogens is 467 g/mol. The van der Waals surface area contributed by atoms with Crippen LogP contribution < -0.4 is 10.6 Å². The summed E-state index contributed by atoms with van der Waals surface area (Å²) in [6, 6.07) is 18.6. The minimum absolute atomic E-state index is 0.330.